The molecule has 2 nitrogen and oxygen atoms in total. The van der Waals surface area contributed by atoms with Crippen LogP contribution in [0.4, 0.5) is 0 Å². The fourth-order valence-corrected chi connectivity index (χ4v) is 2.57. The van der Waals surface area contributed by atoms with Gasteiger partial charge in [0.25, 0.3) is 5.91 Å². The second-order valence-corrected chi connectivity index (χ2v) is 5.73. The molecule has 0 spiro atoms. The summed E-state index contributed by atoms with van der Waals surface area (Å²) < 4.78 is 0.988. The van der Waals surface area contributed by atoms with Gasteiger partial charge in [0.1, 0.15) is 0 Å². The van der Waals surface area contributed by atoms with Crippen LogP contribution in [-0.4, -0.2) is 17.9 Å². The molecule has 0 saturated heterocycles. The summed E-state index contributed by atoms with van der Waals surface area (Å²) in [5.41, 5.74) is 3.16. The van der Waals surface area contributed by atoms with Crippen molar-refractivity contribution in [3.8, 4) is 0 Å². The van der Waals surface area contributed by atoms with Gasteiger partial charge < -0.3 is 4.90 Å². The van der Waals surface area contributed by atoms with Gasteiger partial charge in [0.05, 0.1) is 5.56 Å². The molecule has 0 atom stereocenters. The lowest BCUT2D eigenvalue weighted by Crippen LogP contribution is -2.27. The van der Waals surface area contributed by atoms with Crippen molar-refractivity contribution < 1.29 is 4.79 Å². The van der Waals surface area contributed by atoms with E-state index in [-0.39, 0.29) is 5.91 Å². The number of rotatable bonds is 3. The molecule has 19 heavy (non-hydrogen) atoms. The smallest absolute Gasteiger partial charge is 0.254 e. The number of aryl methyl sites for hydroxylation is 1. The maximum absolute atomic E-state index is 12.4. The minimum absolute atomic E-state index is 0.0632. The highest BCUT2D eigenvalue weighted by Crippen LogP contribution is 2.16. The maximum Gasteiger partial charge on any atom is 0.254 e. The molecule has 0 fully saturated rings. The summed E-state index contributed by atoms with van der Waals surface area (Å²) in [4.78, 5) is 14.2. The molecule has 0 bridgehead atoms. The number of benzene rings is 2. The fraction of sp³-hybridized carbons (Fsp3) is 0.188. The van der Waals surface area contributed by atoms with Crippen LogP contribution in [0.1, 0.15) is 21.5 Å². The molecule has 0 aliphatic rings. The number of carbonyl (C=O) groups excluding carboxylic acids is 1. The van der Waals surface area contributed by atoms with Crippen LogP contribution < -0.4 is 0 Å². The van der Waals surface area contributed by atoms with Gasteiger partial charge in [-0.25, -0.2) is 0 Å². The zero-order valence-electron chi connectivity index (χ0n) is 11.1. The molecule has 0 aliphatic heterocycles. The van der Waals surface area contributed by atoms with E-state index in [0.717, 1.165) is 9.13 Å². The molecule has 0 saturated carbocycles. The Morgan fingerprint density at radius 3 is 2.42 bits per heavy atom. The lowest BCUT2D eigenvalue weighted by molar-refractivity contribution is 0.0784. The Kier molecular flexibility index (Phi) is 4.58. The van der Waals surface area contributed by atoms with Gasteiger partial charge in [-0.1, -0.05) is 36.4 Å². The molecule has 2 aromatic carbocycles. The summed E-state index contributed by atoms with van der Waals surface area (Å²) in [5.74, 6) is 0.0632. The van der Waals surface area contributed by atoms with Crippen molar-refractivity contribution in [3.63, 3.8) is 0 Å². The summed E-state index contributed by atoms with van der Waals surface area (Å²) in [6, 6.07) is 15.8. The third kappa shape index (κ3) is 3.35. The number of hydrogen-bond donors (Lipinski definition) is 0. The molecular formula is C16H16INO. The number of amides is 1. The Morgan fingerprint density at radius 1 is 1.11 bits per heavy atom. The second-order valence-electron chi connectivity index (χ2n) is 4.57. The quantitative estimate of drug-likeness (QED) is 0.757. The first kappa shape index (κ1) is 14.1. The minimum atomic E-state index is 0.0632. The standard InChI is InChI=1S/C16H16INO/c1-12-7-3-4-8-13(12)11-18(2)16(19)14-9-5-6-10-15(14)17/h3-10H,11H2,1-2H3. The third-order valence-corrected chi connectivity index (χ3v) is 4.06. The highest BCUT2D eigenvalue weighted by molar-refractivity contribution is 14.1. The zero-order chi connectivity index (χ0) is 13.8. The van der Waals surface area contributed by atoms with E-state index in [4.69, 9.17) is 0 Å². The van der Waals surface area contributed by atoms with Crippen LogP contribution >= 0.6 is 22.6 Å². The van der Waals surface area contributed by atoms with Crippen LogP contribution in [0, 0.1) is 10.5 Å². The van der Waals surface area contributed by atoms with Crippen molar-refractivity contribution in [1.29, 1.82) is 0 Å². The van der Waals surface area contributed by atoms with Crippen molar-refractivity contribution in [3.05, 3.63) is 68.8 Å². The molecule has 3 heteroatoms. The maximum atomic E-state index is 12.4. The molecular weight excluding hydrogens is 349 g/mol. The van der Waals surface area contributed by atoms with Gasteiger partial charge in [-0.15, -0.1) is 0 Å². The second kappa shape index (κ2) is 6.19. The molecule has 0 aliphatic carbocycles. The van der Waals surface area contributed by atoms with E-state index in [9.17, 15) is 4.79 Å². The Hall–Kier alpha value is -1.36. The van der Waals surface area contributed by atoms with Crippen LogP contribution in [0.2, 0.25) is 0 Å². The molecule has 0 aromatic heterocycles. The summed E-state index contributed by atoms with van der Waals surface area (Å²) >= 11 is 2.20. The lowest BCUT2D eigenvalue weighted by atomic mass is 10.1. The van der Waals surface area contributed by atoms with Gasteiger partial charge >= 0.3 is 0 Å². The fourth-order valence-electron chi connectivity index (χ4n) is 1.96. The minimum Gasteiger partial charge on any atom is -0.337 e. The van der Waals surface area contributed by atoms with Crippen molar-refractivity contribution in [2.45, 2.75) is 13.5 Å². The predicted molar refractivity (Wildman–Crippen MR) is 86.1 cm³/mol. The predicted octanol–water partition coefficient (Wildman–Crippen LogP) is 3.87. The Morgan fingerprint density at radius 2 is 1.74 bits per heavy atom. The third-order valence-electron chi connectivity index (χ3n) is 3.12. The molecule has 0 unspecified atom stereocenters. The van der Waals surface area contributed by atoms with E-state index in [1.807, 2.05) is 43.4 Å². The number of halogens is 1. The van der Waals surface area contributed by atoms with E-state index in [1.54, 1.807) is 4.90 Å². The van der Waals surface area contributed by atoms with Crippen LogP contribution in [0.15, 0.2) is 48.5 Å². The monoisotopic (exact) mass is 365 g/mol. The Balaban J connectivity index is 2.17. The van der Waals surface area contributed by atoms with E-state index in [0.29, 0.717) is 6.54 Å². The van der Waals surface area contributed by atoms with Crippen LogP contribution in [0.25, 0.3) is 0 Å². The Labute approximate surface area is 127 Å². The highest BCUT2D eigenvalue weighted by Gasteiger charge is 2.14. The highest BCUT2D eigenvalue weighted by atomic mass is 127. The molecule has 2 aromatic rings. The summed E-state index contributed by atoms with van der Waals surface area (Å²) in [6.45, 7) is 2.70. The van der Waals surface area contributed by atoms with E-state index < -0.39 is 0 Å². The van der Waals surface area contributed by atoms with Crippen molar-refractivity contribution in [1.82, 2.24) is 4.90 Å². The first-order chi connectivity index (χ1) is 9.09. The van der Waals surface area contributed by atoms with Crippen molar-refractivity contribution in [2.24, 2.45) is 0 Å². The first-order valence-electron chi connectivity index (χ1n) is 6.14. The van der Waals surface area contributed by atoms with Gasteiger partial charge in [0.2, 0.25) is 0 Å². The summed E-state index contributed by atoms with van der Waals surface area (Å²) in [6.07, 6.45) is 0. The number of hydrogen-bond acceptors (Lipinski definition) is 1. The van der Waals surface area contributed by atoms with Crippen LogP contribution in [0.3, 0.4) is 0 Å². The molecule has 2 rings (SSSR count). The molecule has 98 valence electrons. The first-order valence-corrected chi connectivity index (χ1v) is 7.22. The number of nitrogens with zero attached hydrogens (tertiary/aromatic N) is 1. The number of carbonyl (C=O) groups is 1. The Bertz CT molecular complexity index is 595. The van der Waals surface area contributed by atoms with E-state index in [1.165, 1.54) is 11.1 Å². The van der Waals surface area contributed by atoms with Crippen molar-refractivity contribution >= 4 is 28.5 Å². The van der Waals surface area contributed by atoms with Gasteiger partial charge in [0.15, 0.2) is 0 Å². The molecule has 0 heterocycles. The van der Waals surface area contributed by atoms with E-state index in [2.05, 4.69) is 41.6 Å². The topological polar surface area (TPSA) is 20.3 Å². The molecule has 1 amide bonds. The molecule has 0 N–H and O–H groups in total. The van der Waals surface area contributed by atoms with Gasteiger partial charge in [0, 0.05) is 17.2 Å². The average Bonchev–Trinajstić information content (AvgIpc) is 2.41. The largest absolute Gasteiger partial charge is 0.337 e. The van der Waals surface area contributed by atoms with Gasteiger partial charge in [-0.05, 0) is 52.8 Å². The van der Waals surface area contributed by atoms with Crippen LogP contribution in [-0.2, 0) is 6.54 Å². The SMILES string of the molecule is Cc1ccccc1CN(C)C(=O)c1ccccc1I. The van der Waals surface area contributed by atoms with Gasteiger partial charge in [-0.2, -0.15) is 0 Å². The zero-order valence-corrected chi connectivity index (χ0v) is 13.2. The molecule has 0 radical (unpaired) electrons. The lowest BCUT2D eigenvalue weighted by Gasteiger charge is -2.19. The van der Waals surface area contributed by atoms with Crippen LogP contribution in [0.5, 0.6) is 0 Å². The van der Waals surface area contributed by atoms with Crippen molar-refractivity contribution in [2.75, 3.05) is 7.05 Å². The normalized spacial score (nSPS) is 10.3. The average molecular weight is 365 g/mol. The van der Waals surface area contributed by atoms with E-state index >= 15 is 0 Å². The van der Waals surface area contributed by atoms with Gasteiger partial charge in [-0.3, -0.25) is 4.79 Å². The summed E-state index contributed by atoms with van der Waals surface area (Å²) in [7, 11) is 1.85. The summed E-state index contributed by atoms with van der Waals surface area (Å²) in [5, 5.41) is 0.